The fraction of sp³-hybridized carbons (Fsp3) is 0.667. The fourth-order valence-corrected chi connectivity index (χ4v) is 1.92. The van der Waals surface area contributed by atoms with E-state index in [0.29, 0.717) is 0 Å². The minimum Gasteiger partial charge on any atom is -0.0956 e. The van der Waals surface area contributed by atoms with Crippen LogP contribution in [0.25, 0.3) is 0 Å². The molecule has 12 heavy (non-hydrogen) atoms. The first-order valence-electron chi connectivity index (χ1n) is 5.15. The fourth-order valence-electron chi connectivity index (χ4n) is 1.92. The van der Waals surface area contributed by atoms with Gasteiger partial charge in [0.25, 0.3) is 0 Å². The van der Waals surface area contributed by atoms with Crippen molar-refractivity contribution in [2.24, 2.45) is 5.92 Å². The Morgan fingerprint density at radius 1 is 1.50 bits per heavy atom. The van der Waals surface area contributed by atoms with E-state index in [1.165, 1.54) is 36.8 Å². The van der Waals surface area contributed by atoms with Crippen molar-refractivity contribution in [1.29, 1.82) is 0 Å². The molecule has 1 rings (SSSR count). The van der Waals surface area contributed by atoms with Crippen LogP contribution in [0, 0.1) is 5.92 Å². The van der Waals surface area contributed by atoms with Crippen LogP contribution in [0.15, 0.2) is 23.8 Å². The van der Waals surface area contributed by atoms with Gasteiger partial charge < -0.3 is 0 Å². The van der Waals surface area contributed by atoms with E-state index in [1.807, 2.05) is 0 Å². The van der Waals surface area contributed by atoms with Gasteiger partial charge >= 0.3 is 0 Å². The Morgan fingerprint density at radius 3 is 2.83 bits per heavy atom. The van der Waals surface area contributed by atoms with Crippen LogP contribution in [-0.2, 0) is 0 Å². The first-order chi connectivity index (χ1) is 5.77. The van der Waals surface area contributed by atoms with Gasteiger partial charge in [-0.1, -0.05) is 38.5 Å². The SMILES string of the molecule is C=C1CCC(CC)C/C1=C\CC. The summed E-state index contributed by atoms with van der Waals surface area (Å²) in [7, 11) is 0. The minimum atomic E-state index is 0.924. The molecule has 1 aliphatic carbocycles. The van der Waals surface area contributed by atoms with Crippen LogP contribution in [0.2, 0.25) is 0 Å². The molecule has 0 heteroatoms. The van der Waals surface area contributed by atoms with E-state index in [4.69, 9.17) is 0 Å². The molecule has 68 valence electrons. The van der Waals surface area contributed by atoms with Crippen molar-refractivity contribution < 1.29 is 0 Å². The second-order valence-corrected chi connectivity index (χ2v) is 3.76. The predicted molar refractivity (Wildman–Crippen MR) is 55.1 cm³/mol. The first kappa shape index (κ1) is 9.57. The van der Waals surface area contributed by atoms with Crippen LogP contribution >= 0.6 is 0 Å². The van der Waals surface area contributed by atoms with E-state index in [9.17, 15) is 0 Å². The van der Waals surface area contributed by atoms with Gasteiger partial charge in [0.05, 0.1) is 0 Å². The van der Waals surface area contributed by atoms with Gasteiger partial charge in [-0.05, 0) is 37.2 Å². The third-order valence-corrected chi connectivity index (χ3v) is 2.84. The molecule has 0 N–H and O–H groups in total. The summed E-state index contributed by atoms with van der Waals surface area (Å²) in [4.78, 5) is 0. The summed E-state index contributed by atoms with van der Waals surface area (Å²) in [5, 5.41) is 0. The zero-order valence-electron chi connectivity index (χ0n) is 8.40. The van der Waals surface area contributed by atoms with E-state index in [-0.39, 0.29) is 0 Å². The van der Waals surface area contributed by atoms with E-state index in [0.717, 1.165) is 12.3 Å². The lowest BCUT2D eigenvalue weighted by Crippen LogP contribution is -2.09. The molecule has 0 saturated heterocycles. The first-order valence-corrected chi connectivity index (χ1v) is 5.15. The molecule has 0 aromatic rings. The van der Waals surface area contributed by atoms with Crippen LogP contribution in [0.1, 0.15) is 46.0 Å². The molecule has 1 unspecified atom stereocenters. The van der Waals surface area contributed by atoms with E-state index in [1.54, 1.807) is 0 Å². The lowest BCUT2D eigenvalue weighted by Gasteiger charge is -2.24. The predicted octanol–water partition coefficient (Wildman–Crippen LogP) is 4.09. The molecule has 1 aliphatic rings. The molecule has 0 heterocycles. The zero-order chi connectivity index (χ0) is 8.97. The quantitative estimate of drug-likeness (QED) is 0.576. The topological polar surface area (TPSA) is 0 Å². The summed E-state index contributed by atoms with van der Waals surface area (Å²) in [6.07, 6.45) is 8.70. The largest absolute Gasteiger partial charge is 0.0956 e. The van der Waals surface area contributed by atoms with Gasteiger partial charge in [-0.25, -0.2) is 0 Å². The third-order valence-electron chi connectivity index (χ3n) is 2.84. The lowest BCUT2D eigenvalue weighted by molar-refractivity contribution is 0.442. The van der Waals surface area contributed by atoms with Crippen LogP contribution in [0.5, 0.6) is 0 Å². The molecule has 0 bridgehead atoms. The van der Waals surface area contributed by atoms with Crippen molar-refractivity contribution in [3.05, 3.63) is 23.8 Å². The van der Waals surface area contributed by atoms with Gasteiger partial charge in [0, 0.05) is 0 Å². The van der Waals surface area contributed by atoms with E-state index in [2.05, 4.69) is 26.5 Å². The number of hydrogen-bond donors (Lipinski definition) is 0. The molecule has 0 spiro atoms. The van der Waals surface area contributed by atoms with Crippen molar-refractivity contribution in [3.8, 4) is 0 Å². The highest BCUT2D eigenvalue weighted by molar-refractivity contribution is 5.30. The number of hydrogen-bond acceptors (Lipinski definition) is 0. The molecule has 0 amide bonds. The maximum absolute atomic E-state index is 4.11. The minimum absolute atomic E-state index is 0.924. The molecule has 1 fully saturated rings. The maximum atomic E-state index is 4.11. The van der Waals surface area contributed by atoms with Crippen molar-refractivity contribution in [1.82, 2.24) is 0 Å². The van der Waals surface area contributed by atoms with Crippen molar-refractivity contribution in [3.63, 3.8) is 0 Å². The summed E-state index contributed by atoms with van der Waals surface area (Å²) >= 11 is 0. The van der Waals surface area contributed by atoms with E-state index >= 15 is 0 Å². The molecule has 0 radical (unpaired) electrons. The Balaban J connectivity index is 2.59. The highest BCUT2D eigenvalue weighted by Gasteiger charge is 2.17. The number of rotatable bonds is 2. The van der Waals surface area contributed by atoms with Gasteiger partial charge in [-0.2, -0.15) is 0 Å². The standard InChI is InChI=1S/C12H20/c1-4-6-12-9-11(5-2)8-7-10(12)3/h6,11H,3-5,7-9H2,1-2H3/b12-6+. The lowest BCUT2D eigenvalue weighted by atomic mass is 9.81. The van der Waals surface area contributed by atoms with Crippen LogP contribution in [-0.4, -0.2) is 0 Å². The summed E-state index contributed by atoms with van der Waals surface area (Å²) in [6.45, 7) is 8.61. The molecule has 0 aliphatic heterocycles. The number of allylic oxidation sites excluding steroid dienone is 3. The molecule has 1 atom stereocenters. The van der Waals surface area contributed by atoms with Crippen LogP contribution in [0.4, 0.5) is 0 Å². The smallest absolute Gasteiger partial charge is 0.0251 e. The Kier molecular flexibility index (Phi) is 3.58. The average Bonchev–Trinajstić information content (AvgIpc) is 2.09. The molecule has 0 aromatic carbocycles. The third kappa shape index (κ3) is 2.23. The Hall–Kier alpha value is -0.520. The molecule has 0 nitrogen and oxygen atoms in total. The van der Waals surface area contributed by atoms with Gasteiger partial charge in [-0.15, -0.1) is 0 Å². The van der Waals surface area contributed by atoms with Crippen molar-refractivity contribution >= 4 is 0 Å². The summed E-state index contributed by atoms with van der Waals surface area (Å²) in [5.74, 6) is 0.924. The van der Waals surface area contributed by atoms with Crippen LogP contribution in [0.3, 0.4) is 0 Å². The Bertz CT molecular complexity index is 186. The maximum Gasteiger partial charge on any atom is -0.0251 e. The van der Waals surface area contributed by atoms with Crippen LogP contribution < -0.4 is 0 Å². The summed E-state index contributed by atoms with van der Waals surface area (Å²) in [6, 6.07) is 0. The van der Waals surface area contributed by atoms with Gasteiger partial charge in [0.15, 0.2) is 0 Å². The zero-order valence-corrected chi connectivity index (χ0v) is 8.40. The van der Waals surface area contributed by atoms with Gasteiger partial charge in [0.2, 0.25) is 0 Å². The Morgan fingerprint density at radius 2 is 2.25 bits per heavy atom. The second-order valence-electron chi connectivity index (χ2n) is 3.76. The summed E-state index contributed by atoms with van der Waals surface area (Å²) < 4.78 is 0. The van der Waals surface area contributed by atoms with Crippen molar-refractivity contribution in [2.45, 2.75) is 46.0 Å². The Labute approximate surface area is 76.4 Å². The normalized spacial score (nSPS) is 28.0. The molecule has 1 saturated carbocycles. The monoisotopic (exact) mass is 164 g/mol. The highest BCUT2D eigenvalue weighted by atomic mass is 14.2. The molecular weight excluding hydrogens is 144 g/mol. The van der Waals surface area contributed by atoms with Crippen molar-refractivity contribution in [2.75, 3.05) is 0 Å². The second kappa shape index (κ2) is 4.49. The average molecular weight is 164 g/mol. The highest BCUT2D eigenvalue weighted by Crippen LogP contribution is 2.33. The van der Waals surface area contributed by atoms with E-state index < -0.39 is 0 Å². The molecular formula is C12H20. The van der Waals surface area contributed by atoms with Gasteiger partial charge in [-0.3, -0.25) is 0 Å². The molecule has 0 aromatic heterocycles. The van der Waals surface area contributed by atoms with Gasteiger partial charge in [0.1, 0.15) is 0 Å². The summed E-state index contributed by atoms with van der Waals surface area (Å²) in [5.41, 5.74) is 2.93.